The van der Waals surface area contributed by atoms with Crippen LogP contribution < -0.4 is 4.90 Å². The molecule has 4 rings (SSSR count). The molecule has 2 heterocycles. The molecule has 7 heteroatoms. The minimum atomic E-state index is -0.381. The third-order valence-electron chi connectivity index (χ3n) is 3.92. The zero-order valence-electron chi connectivity index (χ0n) is 13.1. The van der Waals surface area contributed by atoms with E-state index in [4.69, 9.17) is 12.2 Å². The fourth-order valence-electron chi connectivity index (χ4n) is 2.71. The third kappa shape index (κ3) is 2.96. The molecule has 1 fully saturated rings. The van der Waals surface area contributed by atoms with E-state index in [9.17, 15) is 9.18 Å². The summed E-state index contributed by atoms with van der Waals surface area (Å²) in [6.45, 7) is 0. The van der Waals surface area contributed by atoms with Crippen molar-refractivity contribution in [2.24, 2.45) is 0 Å². The maximum atomic E-state index is 13.9. The Balaban J connectivity index is 1.80. The number of nitrogens with zero attached hydrogens (tertiary/aromatic N) is 2. The monoisotopic (exact) mass is 444 g/mol. The Labute approximate surface area is 167 Å². The first-order valence-corrected chi connectivity index (χ1v) is 9.64. The number of halogens is 2. The average molecular weight is 445 g/mol. The highest BCUT2D eigenvalue weighted by Gasteiger charge is 2.34. The molecule has 0 aliphatic carbocycles. The molecule has 0 bridgehead atoms. The summed E-state index contributed by atoms with van der Waals surface area (Å²) in [4.78, 5) is 19.2. The van der Waals surface area contributed by atoms with Crippen LogP contribution in [0.15, 0.2) is 64.1 Å². The van der Waals surface area contributed by atoms with Crippen LogP contribution in [0.4, 0.5) is 10.1 Å². The summed E-state index contributed by atoms with van der Waals surface area (Å²) in [5.41, 5.74) is 1.64. The summed E-state index contributed by atoms with van der Waals surface area (Å²) in [7, 11) is 0. The Morgan fingerprint density at radius 1 is 1.15 bits per heavy atom. The zero-order valence-corrected chi connectivity index (χ0v) is 16.4. The van der Waals surface area contributed by atoms with Crippen molar-refractivity contribution in [1.82, 2.24) is 4.98 Å². The lowest BCUT2D eigenvalue weighted by Crippen LogP contribution is -2.27. The molecule has 26 heavy (non-hydrogen) atoms. The van der Waals surface area contributed by atoms with Gasteiger partial charge in [0.15, 0.2) is 4.32 Å². The molecule has 1 saturated heterocycles. The number of carbonyl (C=O) groups excluding carboxylic acids is 1. The number of anilines is 1. The van der Waals surface area contributed by atoms with Crippen molar-refractivity contribution >= 4 is 72.8 Å². The van der Waals surface area contributed by atoms with E-state index in [0.717, 1.165) is 21.6 Å². The predicted octanol–water partition coefficient (Wildman–Crippen LogP) is 5.54. The Hall–Kier alpha value is -2.09. The summed E-state index contributed by atoms with van der Waals surface area (Å²) in [5, 5.41) is 0.886. The molecule has 0 atom stereocenters. The number of amides is 1. The predicted molar refractivity (Wildman–Crippen MR) is 111 cm³/mol. The second kappa shape index (κ2) is 6.90. The molecule has 128 valence electrons. The summed E-state index contributed by atoms with van der Waals surface area (Å²) >= 11 is 10.1. The van der Waals surface area contributed by atoms with E-state index in [1.165, 1.54) is 17.0 Å². The van der Waals surface area contributed by atoms with Gasteiger partial charge < -0.3 is 0 Å². The maximum absolute atomic E-state index is 13.9. The number of fused-ring (bicyclic) bond motifs is 1. The Bertz CT molecular complexity index is 1100. The lowest BCUT2D eigenvalue weighted by Gasteiger charge is -2.17. The molecule has 3 aromatic rings. The highest BCUT2D eigenvalue weighted by molar-refractivity contribution is 9.10. The van der Waals surface area contributed by atoms with Gasteiger partial charge in [-0.2, -0.15) is 0 Å². The molecule has 0 N–H and O–H groups in total. The Morgan fingerprint density at radius 2 is 1.96 bits per heavy atom. The van der Waals surface area contributed by atoms with Crippen molar-refractivity contribution in [3.8, 4) is 0 Å². The second-order valence-corrected chi connectivity index (χ2v) is 8.03. The molecule has 3 nitrogen and oxygen atoms in total. The van der Waals surface area contributed by atoms with Crippen molar-refractivity contribution in [2.75, 3.05) is 4.90 Å². The highest BCUT2D eigenvalue weighted by atomic mass is 79.9. The lowest BCUT2D eigenvalue weighted by molar-refractivity contribution is -0.113. The van der Waals surface area contributed by atoms with E-state index in [1.54, 1.807) is 30.5 Å². The van der Waals surface area contributed by atoms with Crippen LogP contribution in [0.1, 0.15) is 5.56 Å². The lowest BCUT2D eigenvalue weighted by atomic mass is 10.1. The number of hydrogen-bond acceptors (Lipinski definition) is 4. The van der Waals surface area contributed by atoms with Gasteiger partial charge in [0.2, 0.25) is 0 Å². The highest BCUT2D eigenvalue weighted by Crippen LogP contribution is 2.39. The minimum Gasteiger partial charge on any atom is -0.268 e. The summed E-state index contributed by atoms with van der Waals surface area (Å²) in [6, 6.07) is 13.7. The van der Waals surface area contributed by atoms with E-state index in [2.05, 4.69) is 20.9 Å². The zero-order chi connectivity index (χ0) is 18.3. The number of thioether (sulfide) groups is 1. The number of benzene rings is 2. The standard InChI is InChI=1S/C19H10BrFN2OS2/c20-13-7-8-15(17-12(13)5-3-9-22-17)23-18(24)16(26-19(23)25)10-11-4-1-2-6-14(11)21/h1-10H/b16-10-. The van der Waals surface area contributed by atoms with Gasteiger partial charge in [0.25, 0.3) is 5.91 Å². The van der Waals surface area contributed by atoms with Gasteiger partial charge in [-0.15, -0.1) is 0 Å². The summed E-state index contributed by atoms with van der Waals surface area (Å²) in [5.74, 6) is -0.661. The topological polar surface area (TPSA) is 33.2 Å². The maximum Gasteiger partial charge on any atom is 0.270 e. The molecule has 0 saturated carbocycles. The number of carbonyl (C=O) groups is 1. The average Bonchev–Trinajstić information content (AvgIpc) is 2.92. The second-order valence-electron chi connectivity index (χ2n) is 5.50. The molecule has 1 aliphatic rings. The molecule has 0 unspecified atom stereocenters. The molecule has 1 amide bonds. The summed E-state index contributed by atoms with van der Waals surface area (Å²) < 4.78 is 15.2. The van der Waals surface area contributed by atoms with Crippen LogP contribution in [0.5, 0.6) is 0 Å². The summed E-state index contributed by atoms with van der Waals surface area (Å²) in [6.07, 6.45) is 3.20. The van der Waals surface area contributed by atoms with E-state index in [-0.39, 0.29) is 11.7 Å². The first kappa shape index (κ1) is 17.3. The van der Waals surface area contributed by atoms with Crippen molar-refractivity contribution < 1.29 is 9.18 Å². The van der Waals surface area contributed by atoms with Crippen LogP contribution in [-0.4, -0.2) is 15.2 Å². The van der Waals surface area contributed by atoms with Crippen molar-refractivity contribution in [1.29, 1.82) is 0 Å². The number of thiocarbonyl (C=S) groups is 1. The van der Waals surface area contributed by atoms with Crippen LogP contribution in [0.25, 0.3) is 17.0 Å². The molecule has 2 aromatic carbocycles. The number of hydrogen-bond donors (Lipinski definition) is 0. The first-order valence-electron chi connectivity index (χ1n) is 7.62. The van der Waals surface area contributed by atoms with Gasteiger partial charge in [0.05, 0.1) is 16.1 Å². The van der Waals surface area contributed by atoms with Gasteiger partial charge in [-0.05, 0) is 30.3 Å². The van der Waals surface area contributed by atoms with Gasteiger partial charge in [-0.25, -0.2) is 4.39 Å². The van der Waals surface area contributed by atoms with Gasteiger partial charge in [-0.3, -0.25) is 14.7 Å². The molecule has 0 radical (unpaired) electrons. The Morgan fingerprint density at radius 3 is 2.77 bits per heavy atom. The number of rotatable bonds is 2. The van der Waals surface area contributed by atoms with Gasteiger partial charge in [0, 0.05) is 21.6 Å². The normalized spacial score (nSPS) is 16.1. The molecule has 1 aromatic heterocycles. The quantitative estimate of drug-likeness (QED) is 0.383. The van der Waals surface area contributed by atoms with E-state index in [0.29, 0.717) is 26.0 Å². The molecule has 0 spiro atoms. The fraction of sp³-hybridized carbons (Fsp3) is 0. The van der Waals surface area contributed by atoms with Gasteiger partial charge in [-0.1, -0.05) is 64.2 Å². The third-order valence-corrected chi connectivity index (χ3v) is 5.92. The van der Waals surface area contributed by atoms with Crippen LogP contribution in [0.3, 0.4) is 0 Å². The minimum absolute atomic E-state index is 0.280. The van der Waals surface area contributed by atoms with Crippen molar-refractivity contribution in [3.63, 3.8) is 0 Å². The molecule has 1 aliphatic heterocycles. The van der Waals surface area contributed by atoms with Gasteiger partial charge >= 0.3 is 0 Å². The number of aromatic nitrogens is 1. The largest absolute Gasteiger partial charge is 0.270 e. The van der Waals surface area contributed by atoms with Gasteiger partial charge in [0.1, 0.15) is 5.82 Å². The smallest absolute Gasteiger partial charge is 0.268 e. The molecular formula is C19H10BrFN2OS2. The van der Waals surface area contributed by atoms with Crippen LogP contribution >= 0.6 is 39.9 Å². The first-order chi connectivity index (χ1) is 12.6. The van der Waals surface area contributed by atoms with Crippen molar-refractivity contribution in [3.05, 3.63) is 75.5 Å². The van der Waals surface area contributed by atoms with Crippen LogP contribution in [0.2, 0.25) is 0 Å². The fourth-order valence-corrected chi connectivity index (χ4v) is 4.44. The number of pyridine rings is 1. The van der Waals surface area contributed by atoms with E-state index >= 15 is 0 Å². The van der Waals surface area contributed by atoms with E-state index < -0.39 is 0 Å². The van der Waals surface area contributed by atoms with Crippen LogP contribution in [0, 0.1) is 5.82 Å². The van der Waals surface area contributed by atoms with Crippen molar-refractivity contribution in [2.45, 2.75) is 0 Å². The molecular weight excluding hydrogens is 435 g/mol. The van der Waals surface area contributed by atoms with Crippen LogP contribution in [-0.2, 0) is 4.79 Å². The Kier molecular flexibility index (Phi) is 4.60. The van der Waals surface area contributed by atoms with E-state index in [1.807, 2.05) is 18.2 Å². The SMILES string of the molecule is O=C1/C(=C/c2ccccc2F)SC(=S)N1c1ccc(Br)c2cccnc12.